The van der Waals surface area contributed by atoms with Gasteiger partial charge in [-0.25, -0.2) is 4.39 Å². The quantitative estimate of drug-likeness (QED) is 0.187. The predicted molar refractivity (Wildman–Crippen MR) is 153 cm³/mol. The monoisotopic (exact) mass is 550 g/mol. The summed E-state index contributed by atoms with van der Waals surface area (Å²) < 4.78 is 37.7. The minimum Gasteiger partial charge on any atom is -0.494 e. The number of carbonyl (C=O) groups is 1. The molecular weight excluding hydrogens is 515 g/mol. The first kappa shape index (κ1) is 27.4. The Morgan fingerprint density at radius 2 is 1.82 bits per heavy atom. The Kier molecular flexibility index (Phi) is 8.97. The summed E-state index contributed by atoms with van der Waals surface area (Å²) in [6.45, 7) is 3.42. The van der Waals surface area contributed by atoms with Gasteiger partial charge in [0.05, 0.1) is 26.7 Å². The molecule has 39 heavy (non-hydrogen) atoms. The van der Waals surface area contributed by atoms with Crippen molar-refractivity contribution in [3.63, 3.8) is 0 Å². The van der Waals surface area contributed by atoms with Crippen LogP contribution in [0.4, 0.5) is 4.39 Å². The molecule has 0 amide bonds. The molecular formula is C32H35FO5S. The lowest BCUT2D eigenvalue weighted by Gasteiger charge is -2.15. The molecule has 1 heterocycles. The van der Waals surface area contributed by atoms with Crippen LogP contribution in [-0.4, -0.2) is 37.8 Å². The molecule has 1 aliphatic heterocycles. The first-order valence-corrected chi connectivity index (χ1v) is 14.8. The van der Waals surface area contributed by atoms with Crippen LogP contribution in [-0.2, 0) is 29.0 Å². The zero-order chi connectivity index (χ0) is 27.2. The molecule has 0 spiro atoms. The summed E-state index contributed by atoms with van der Waals surface area (Å²) in [6, 6.07) is 15.5. The van der Waals surface area contributed by atoms with Crippen molar-refractivity contribution in [2.75, 3.05) is 31.8 Å². The Bertz CT molecular complexity index is 1320. The third-order valence-electron chi connectivity index (χ3n) is 7.34. The number of fused-ring (bicyclic) bond motifs is 4. The maximum Gasteiger partial charge on any atom is 0.306 e. The van der Waals surface area contributed by atoms with Crippen molar-refractivity contribution in [1.29, 1.82) is 0 Å². The van der Waals surface area contributed by atoms with E-state index >= 15 is 4.39 Å². The Morgan fingerprint density at radius 3 is 2.64 bits per heavy atom. The lowest BCUT2D eigenvalue weighted by atomic mass is 9.94. The molecule has 3 aromatic rings. The molecule has 7 heteroatoms. The first-order valence-electron chi connectivity index (χ1n) is 13.7. The van der Waals surface area contributed by atoms with Crippen LogP contribution in [0.5, 0.6) is 17.2 Å². The van der Waals surface area contributed by atoms with Crippen LogP contribution >= 0.6 is 11.8 Å². The van der Waals surface area contributed by atoms with E-state index in [1.165, 1.54) is 12.7 Å². The van der Waals surface area contributed by atoms with E-state index in [2.05, 4.69) is 19.1 Å². The molecule has 0 N–H and O–H groups in total. The van der Waals surface area contributed by atoms with Crippen molar-refractivity contribution in [2.45, 2.75) is 51.6 Å². The molecule has 5 rings (SSSR count). The summed E-state index contributed by atoms with van der Waals surface area (Å²) >= 11 is 1.93. The standard InChI is InChI=1S/C32H35FO5S/c1-3-39-13-5-12-36-25-8-10-27-21(14-25)6-4-7-22-16-30(33)24(15-29(22)27)20-37-26-9-11-28-23(17-32(34)35-2)19-38-31(28)18-26/h8-11,14-16,18,23H,3-7,12-13,17,19-20H2,1-2H3/t23-/m1/s1. The molecule has 3 aromatic carbocycles. The number of esters is 1. The molecule has 0 radical (unpaired) electrons. The van der Waals surface area contributed by atoms with Crippen molar-refractivity contribution >= 4 is 17.7 Å². The Balaban J connectivity index is 1.29. The van der Waals surface area contributed by atoms with Gasteiger partial charge in [-0.05, 0) is 89.8 Å². The third kappa shape index (κ3) is 6.52. The smallest absolute Gasteiger partial charge is 0.306 e. The number of benzene rings is 3. The van der Waals surface area contributed by atoms with E-state index in [1.54, 1.807) is 6.07 Å². The predicted octanol–water partition coefficient (Wildman–Crippen LogP) is 7.12. The number of hydrogen-bond acceptors (Lipinski definition) is 6. The van der Waals surface area contributed by atoms with Crippen molar-refractivity contribution in [1.82, 2.24) is 0 Å². The summed E-state index contributed by atoms with van der Waals surface area (Å²) in [5.41, 5.74) is 5.95. The number of carbonyl (C=O) groups excluding carboxylic acids is 1. The van der Waals surface area contributed by atoms with Gasteiger partial charge in [0.25, 0.3) is 0 Å². The summed E-state index contributed by atoms with van der Waals surface area (Å²) in [7, 11) is 1.39. The number of aryl methyl sites for hydroxylation is 2. The molecule has 0 saturated carbocycles. The summed E-state index contributed by atoms with van der Waals surface area (Å²) in [6.07, 6.45) is 4.05. The zero-order valence-corrected chi connectivity index (χ0v) is 23.4. The minimum atomic E-state index is -0.262. The Labute approximate surface area is 234 Å². The van der Waals surface area contributed by atoms with Crippen LogP contribution < -0.4 is 14.2 Å². The topological polar surface area (TPSA) is 54.0 Å². The molecule has 1 aliphatic carbocycles. The maximum absolute atomic E-state index is 15.1. The molecule has 0 bridgehead atoms. The highest BCUT2D eigenvalue weighted by molar-refractivity contribution is 7.99. The van der Waals surface area contributed by atoms with Crippen LogP contribution in [0, 0.1) is 5.82 Å². The normalized spacial score (nSPS) is 15.4. The average molecular weight is 551 g/mol. The fourth-order valence-electron chi connectivity index (χ4n) is 5.28. The Hall–Kier alpha value is -3.19. The lowest BCUT2D eigenvalue weighted by molar-refractivity contribution is -0.141. The van der Waals surface area contributed by atoms with Crippen LogP contribution in [0.1, 0.15) is 54.4 Å². The fraction of sp³-hybridized carbons (Fsp3) is 0.406. The number of ether oxygens (including phenoxy) is 4. The first-order chi connectivity index (χ1) is 19.1. The van der Waals surface area contributed by atoms with E-state index in [0.29, 0.717) is 23.7 Å². The molecule has 1 atom stereocenters. The highest BCUT2D eigenvalue weighted by Crippen LogP contribution is 2.39. The van der Waals surface area contributed by atoms with Crippen LogP contribution in [0.15, 0.2) is 48.5 Å². The van der Waals surface area contributed by atoms with Crippen LogP contribution in [0.3, 0.4) is 0 Å². The third-order valence-corrected chi connectivity index (χ3v) is 8.32. The largest absolute Gasteiger partial charge is 0.494 e. The summed E-state index contributed by atoms with van der Waals surface area (Å²) in [5, 5.41) is 0. The number of hydrogen-bond donors (Lipinski definition) is 0. The van der Waals surface area contributed by atoms with Crippen molar-refractivity contribution in [3.8, 4) is 28.4 Å². The Morgan fingerprint density at radius 1 is 1.03 bits per heavy atom. The van der Waals surface area contributed by atoms with Gasteiger partial charge in [0.1, 0.15) is 29.7 Å². The van der Waals surface area contributed by atoms with Gasteiger partial charge in [0.15, 0.2) is 0 Å². The van der Waals surface area contributed by atoms with Crippen molar-refractivity contribution < 1.29 is 28.1 Å². The van der Waals surface area contributed by atoms with E-state index in [9.17, 15) is 4.79 Å². The van der Waals surface area contributed by atoms with Crippen molar-refractivity contribution in [3.05, 3.63) is 76.6 Å². The second-order valence-electron chi connectivity index (χ2n) is 9.95. The number of thioether (sulfide) groups is 1. The molecule has 2 aliphatic rings. The minimum absolute atomic E-state index is 0.0328. The van der Waals surface area contributed by atoms with Gasteiger partial charge in [-0.3, -0.25) is 4.79 Å². The molecule has 5 nitrogen and oxygen atoms in total. The highest BCUT2D eigenvalue weighted by Gasteiger charge is 2.27. The number of halogens is 1. The highest BCUT2D eigenvalue weighted by atomic mass is 32.2. The van der Waals surface area contributed by atoms with E-state index in [-0.39, 0.29) is 30.7 Å². The second kappa shape index (κ2) is 12.8. The molecule has 0 fully saturated rings. The van der Waals surface area contributed by atoms with Crippen LogP contribution in [0.25, 0.3) is 11.1 Å². The zero-order valence-electron chi connectivity index (χ0n) is 22.6. The molecule has 0 unspecified atom stereocenters. The molecule has 0 saturated heterocycles. The van der Waals surface area contributed by atoms with Crippen LogP contribution in [0.2, 0.25) is 0 Å². The maximum atomic E-state index is 15.1. The summed E-state index contributed by atoms with van der Waals surface area (Å²) in [4.78, 5) is 11.7. The number of methoxy groups -OCH3 is 1. The SMILES string of the molecule is CCSCCCOc1ccc2c(c1)CCCc1cc(F)c(COc3ccc4c(c3)OC[C@H]4CC(=O)OC)cc1-2. The van der Waals surface area contributed by atoms with E-state index < -0.39 is 0 Å². The van der Waals surface area contributed by atoms with E-state index in [0.717, 1.165) is 71.8 Å². The van der Waals surface area contributed by atoms with Gasteiger partial charge < -0.3 is 18.9 Å². The van der Waals surface area contributed by atoms with Gasteiger partial charge in [-0.2, -0.15) is 11.8 Å². The van der Waals surface area contributed by atoms with Gasteiger partial charge in [0, 0.05) is 23.1 Å². The van der Waals surface area contributed by atoms with Crippen molar-refractivity contribution in [2.24, 2.45) is 0 Å². The fourth-order valence-corrected chi connectivity index (χ4v) is 5.89. The lowest BCUT2D eigenvalue weighted by Crippen LogP contribution is -2.09. The van der Waals surface area contributed by atoms with Gasteiger partial charge in [-0.1, -0.05) is 19.1 Å². The molecule has 206 valence electrons. The van der Waals surface area contributed by atoms with E-state index in [1.807, 2.05) is 42.1 Å². The number of rotatable bonds is 11. The van der Waals surface area contributed by atoms with E-state index in [4.69, 9.17) is 18.9 Å². The second-order valence-corrected chi connectivity index (χ2v) is 11.3. The molecule has 0 aromatic heterocycles. The van der Waals surface area contributed by atoms with Gasteiger partial charge >= 0.3 is 5.97 Å². The summed E-state index contributed by atoms with van der Waals surface area (Å²) in [5.74, 6) is 3.89. The van der Waals surface area contributed by atoms with Gasteiger partial charge in [-0.15, -0.1) is 0 Å². The average Bonchev–Trinajstić information content (AvgIpc) is 3.25. The van der Waals surface area contributed by atoms with Gasteiger partial charge in [0.2, 0.25) is 0 Å².